The average molecular weight is 286 g/mol. The summed E-state index contributed by atoms with van der Waals surface area (Å²) in [6, 6.07) is 10.4. The molecule has 0 aromatic heterocycles. The van der Waals surface area contributed by atoms with Crippen LogP contribution in [0.15, 0.2) is 36.4 Å². The second-order valence-corrected chi connectivity index (χ2v) is 4.50. The van der Waals surface area contributed by atoms with E-state index in [4.69, 9.17) is 19.9 Å². The number of anilines is 2. The number of carbonyl (C=O) groups is 1. The van der Waals surface area contributed by atoms with Gasteiger partial charge in [0.05, 0.1) is 18.5 Å². The van der Waals surface area contributed by atoms with Crippen LogP contribution in [0.5, 0.6) is 23.0 Å². The Morgan fingerprint density at radius 3 is 2.62 bits per heavy atom. The summed E-state index contributed by atoms with van der Waals surface area (Å²) in [4.78, 5) is 11.3. The molecule has 0 fully saturated rings. The van der Waals surface area contributed by atoms with Crippen LogP contribution < -0.4 is 25.3 Å². The quantitative estimate of drug-likeness (QED) is 0.847. The van der Waals surface area contributed by atoms with Gasteiger partial charge in [0.25, 0.3) is 5.91 Å². The van der Waals surface area contributed by atoms with Crippen molar-refractivity contribution in [1.29, 1.82) is 0 Å². The van der Waals surface area contributed by atoms with Gasteiger partial charge in [0.1, 0.15) is 17.2 Å². The lowest BCUT2D eigenvalue weighted by atomic mass is 10.2. The van der Waals surface area contributed by atoms with Crippen LogP contribution in [-0.4, -0.2) is 19.6 Å². The lowest BCUT2D eigenvalue weighted by Crippen LogP contribution is -2.25. The highest BCUT2D eigenvalue weighted by atomic mass is 16.5. The molecule has 0 bridgehead atoms. The van der Waals surface area contributed by atoms with Crippen LogP contribution >= 0.6 is 0 Å². The Kier molecular flexibility index (Phi) is 3.27. The van der Waals surface area contributed by atoms with Gasteiger partial charge in [-0.05, 0) is 24.3 Å². The van der Waals surface area contributed by atoms with Crippen LogP contribution in [-0.2, 0) is 4.79 Å². The van der Waals surface area contributed by atoms with E-state index in [1.807, 2.05) is 0 Å². The molecule has 3 N–H and O–H groups in total. The first-order valence-corrected chi connectivity index (χ1v) is 6.34. The third kappa shape index (κ3) is 2.69. The first-order valence-electron chi connectivity index (χ1n) is 6.34. The average Bonchev–Trinajstić information content (AvgIpc) is 2.49. The molecule has 0 atom stereocenters. The molecule has 1 aliphatic heterocycles. The fraction of sp³-hybridized carbons (Fsp3) is 0.133. The van der Waals surface area contributed by atoms with Crippen molar-refractivity contribution >= 4 is 17.3 Å². The van der Waals surface area contributed by atoms with Gasteiger partial charge in [-0.25, -0.2) is 0 Å². The number of amides is 1. The number of rotatable bonds is 3. The van der Waals surface area contributed by atoms with Crippen molar-refractivity contribution in [1.82, 2.24) is 0 Å². The van der Waals surface area contributed by atoms with E-state index < -0.39 is 0 Å². The molecule has 108 valence electrons. The highest BCUT2D eigenvalue weighted by Crippen LogP contribution is 2.38. The fourth-order valence-electron chi connectivity index (χ4n) is 1.98. The van der Waals surface area contributed by atoms with Gasteiger partial charge in [-0.2, -0.15) is 0 Å². The second-order valence-electron chi connectivity index (χ2n) is 4.50. The van der Waals surface area contributed by atoms with E-state index in [0.29, 0.717) is 28.6 Å². The largest absolute Gasteiger partial charge is 0.497 e. The molecule has 3 rings (SSSR count). The topological polar surface area (TPSA) is 82.8 Å². The normalized spacial score (nSPS) is 12.9. The standard InChI is InChI=1S/C15H14N2O4/c1-19-9-2-4-10(5-3-9)21-13-7-12-14(6-11(13)16)20-8-15(18)17-12/h2-7H,8,16H2,1H3,(H,17,18). The van der Waals surface area contributed by atoms with Crippen molar-refractivity contribution < 1.29 is 19.0 Å². The number of ether oxygens (including phenoxy) is 3. The summed E-state index contributed by atoms with van der Waals surface area (Å²) in [6.07, 6.45) is 0. The van der Waals surface area contributed by atoms with Gasteiger partial charge in [0.2, 0.25) is 0 Å². The third-order valence-corrected chi connectivity index (χ3v) is 3.03. The first kappa shape index (κ1) is 13.1. The van der Waals surface area contributed by atoms with E-state index in [-0.39, 0.29) is 12.5 Å². The van der Waals surface area contributed by atoms with Crippen molar-refractivity contribution in [3.63, 3.8) is 0 Å². The first-order chi connectivity index (χ1) is 10.2. The van der Waals surface area contributed by atoms with E-state index in [0.717, 1.165) is 5.75 Å². The maximum Gasteiger partial charge on any atom is 0.262 e. The van der Waals surface area contributed by atoms with E-state index >= 15 is 0 Å². The summed E-state index contributed by atoms with van der Waals surface area (Å²) in [7, 11) is 1.60. The molecule has 0 saturated heterocycles. The lowest BCUT2D eigenvalue weighted by Gasteiger charge is -2.20. The summed E-state index contributed by atoms with van der Waals surface area (Å²) in [5, 5.41) is 2.71. The van der Waals surface area contributed by atoms with Crippen molar-refractivity contribution in [2.75, 3.05) is 24.8 Å². The number of benzene rings is 2. The molecule has 6 nitrogen and oxygen atoms in total. The fourth-order valence-corrected chi connectivity index (χ4v) is 1.98. The molecular formula is C15H14N2O4. The molecule has 1 heterocycles. The molecule has 0 aliphatic carbocycles. The van der Waals surface area contributed by atoms with Crippen molar-refractivity contribution in [3.05, 3.63) is 36.4 Å². The third-order valence-electron chi connectivity index (χ3n) is 3.03. The zero-order chi connectivity index (χ0) is 14.8. The van der Waals surface area contributed by atoms with E-state index in [9.17, 15) is 4.79 Å². The summed E-state index contributed by atoms with van der Waals surface area (Å²) in [5.41, 5.74) is 6.92. The number of hydrogen-bond acceptors (Lipinski definition) is 5. The predicted octanol–water partition coefficient (Wildman–Crippen LogP) is 2.40. The maximum absolute atomic E-state index is 11.3. The van der Waals surface area contributed by atoms with Gasteiger partial charge in [-0.15, -0.1) is 0 Å². The predicted molar refractivity (Wildman–Crippen MR) is 78.0 cm³/mol. The van der Waals surface area contributed by atoms with Crippen molar-refractivity contribution in [3.8, 4) is 23.0 Å². The number of nitrogen functional groups attached to an aromatic ring is 1. The number of nitrogens with two attached hydrogens (primary N) is 1. The number of carbonyl (C=O) groups excluding carboxylic acids is 1. The number of nitrogens with one attached hydrogen (secondary N) is 1. The molecule has 2 aromatic carbocycles. The van der Waals surface area contributed by atoms with Gasteiger partial charge in [-0.1, -0.05) is 0 Å². The van der Waals surface area contributed by atoms with E-state index in [1.54, 1.807) is 43.5 Å². The van der Waals surface area contributed by atoms with E-state index in [2.05, 4.69) is 5.32 Å². The van der Waals surface area contributed by atoms with Gasteiger partial charge in [0, 0.05) is 12.1 Å². The van der Waals surface area contributed by atoms with Crippen molar-refractivity contribution in [2.24, 2.45) is 0 Å². The Morgan fingerprint density at radius 2 is 1.90 bits per heavy atom. The van der Waals surface area contributed by atoms with Gasteiger partial charge in [-0.3, -0.25) is 4.79 Å². The van der Waals surface area contributed by atoms with Gasteiger partial charge >= 0.3 is 0 Å². The van der Waals surface area contributed by atoms with Crippen LogP contribution in [0.1, 0.15) is 0 Å². The highest BCUT2D eigenvalue weighted by Gasteiger charge is 2.18. The summed E-state index contributed by atoms with van der Waals surface area (Å²) in [5.74, 6) is 2.13. The Balaban J connectivity index is 1.87. The van der Waals surface area contributed by atoms with Crippen LogP contribution in [0.4, 0.5) is 11.4 Å². The van der Waals surface area contributed by atoms with Gasteiger partial charge in [0.15, 0.2) is 12.4 Å². The molecule has 0 unspecified atom stereocenters. The monoisotopic (exact) mass is 286 g/mol. The zero-order valence-corrected chi connectivity index (χ0v) is 11.4. The molecule has 6 heteroatoms. The minimum Gasteiger partial charge on any atom is -0.497 e. The van der Waals surface area contributed by atoms with Crippen LogP contribution in [0.25, 0.3) is 0 Å². The van der Waals surface area contributed by atoms with Crippen LogP contribution in [0.2, 0.25) is 0 Å². The summed E-state index contributed by atoms with van der Waals surface area (Å²) in [6.45, 7) is -0.00881. The number of hydrogen-bond donors (Lipinski definition) is 2. The molecule has 1 aliphatic rings. The Morgan fingerprint density at radius 1 is 1.19 bits per heavy atom. The van der Waals surface area contributed by atoms with Crippen LogP contribution in [0.3, 0.4) is 0 Å². The summed E-state index contributed by atoms with van der Waals surface area (Å²) < 4.78 is 16.1. The van der Waals surface area contributed by atoms with Crippen LogP contribution in [0, 0.1) is 0 Å². The van der Waals surface area contributed by atoms with Crippen molar-refractivity contribution in [2.45, 2.75) is 0 Å². The van der Waals surface area contributed by atoms with E-state index in [1.165, 1.54) is 0 Å². The minimum atomic E-state index is -0.206. The molecule has 1 amide bonds. The van der Waals surface area contributed by atoms with Gasteiger partial charge < -0.3 is 25.3 Å². The Bertz CT molecular complexity index is 683. The summed E-state index contributed by atoms with van der Waals surface area (Å²) >= 11 is 0. The Labute approximate surface area is 121 Å². The SMILES string of the molecule is COc1ccc(Oc2cc3c(cc2N)OCC(=O)N3)cc1. The molecule has 0 radical (unpaired) electrons. The lowest BCUT2D eigenvalue weighted by molar-refractivity contribution is -0.118. The second kappa shape index (κ2) is 5.24. The molecule has 0 saturated carbocycles. The highest BCUT2D eigenvalue weighted by molar-refractivity contribution is 5.96. The smallest absolute Gasteiger partial charge is 0.262 e. The maximum atomic E-state index is 11.3. The minimum absolute atomic E-state index is 0.00881. The number of fused-ring (bicyclic) bond motifs is 1. The molecule has 21 heavy (non-hydrogen) atoms. The molecule has 2 aromatic rings. The zero-order valence-electron chi connectivity index (χ0n) is 11.4. The molecule has 0 spiro atoms. The molecular weight excluding hydrogens is 272 g/mol. The number of methoxy groups -OCH3 is 1. The Hall–Kier alpha value is -2.89.